The highest BCUT2D eigenvalue weighted by molar-refractivity contribution is 7.91. The molecule has 7 heteroatoms. The molecule has 0 radical (unpaired) electrons. The van der Waals surface area contributed by atoms with Crippen LogP contribution in [0.5, 0.6) is 0 Å². The number of benzene rings is 1. The number of para-hydroxylation sites is 1. The Labute approximate surface area is 128 Å². The van der Waals surface area contributed by atoms with Gasteiger partial charge in [-0.2, -0.15) is 0 Å². The number of rotatable bonds is 4. The topological polar surface area (TPSA) is 79.6 Å². The van der Waals surface area contributed by atoms with Gasteiger partial charge in [0.15, 0.2) is 15.6 Å². The van der Waals surface area contributed by atoms with Gasteiger partial charge in [-0.25, -0.2) is 8.42 Å². The lowest BCUT2D eigenvalue weighted by atomic mass is 10.2. The molecule has 2 heterocycles. The highest BCUT2D eigenvalue weighted by Gasteiger charge is 2.33. The molecular formula is C15H16N2O4S. The Morgan fingerprint density at radius 1 is 1.18 bits per heavy atom. The van der Waals surface area contributed by atoms with Gasteiger partial charge in [-0.15, -0.1) is 0 Å². The Morgan fingerprint density at radius 3 is 2.55 bits per heavy atom. The summed E-state index contributed by atoms with van der Waals surface area (Å²) in [6.45, 7) is 0. The first-order chi connectivity index (χ1) is 10.6. The molecule has 22 heavy (non-hydrogen) atoms. The Kier molecular flexibility index (Phi) is 3.89. The molecule has 0 spiro atoms. The van der Waals surface area contributed by atoms with Gasteiger partial charge in [0.05, 0.1) is 29.5 Å². The third-order valence-corrected chi connectivity index (χ3v) is 5.33. The van der Waals surface area contributed by atoms with Crippen molar-refractivity contribution in [2.24, 2.45) is 0 Å². The number of furan rings is 1. The zero-order chi connectivity index (χ0) is 15.6. The monoisotopic (exact) mass is 320 g/mol. The summed E-state index contributed by atoms with van der Waals surface area (Å²) >= 11 is 0. The smallest absolute Gasteiger partial charge is 0.305 e. The van der Waals surface area contributed by atoms with E-state index in [9.17, 15) is 13.2 Å². The van der Waals surface area contributed by atoms with Crippen molar-refractivity contribution in [3.8, 4) is 0 Å². The fourth-order valence-corrected chi connectivity index (χ4v) is 4.21. The van der Waals surface area contributed by atoms with Crippen molar-refractivity contribution < 1.29 is 17.6 Å². The third kappa shape index (κ3) is 3.14. The van der Waals surface area contributed by atoms with Crippen LogP contribution >= 0.6 is 0 Å². The van der Waals surface area contributed by atoms with Crippen LogP contribution < -0.4 is 10.4 Å². The molecule has 0 unspecified atom stereocenters. The molecule has 1 saturated heterocycles. The van der Waals surface area contributed by atoms with Gasteiger partial charge in [0.25, 0.3) is 0 Å². The van der Waals surface area contributed by atoms with Gasteiger partial charge in [0.1, 0.15) is 0 Å². The van der Waals surface area contributed by atoms with Crippen molar-refractivity contribution in [2.45, 2.75) is 12.5 Å². The molecule has 1 aliphatic rings. The molecular weight excluding hydrogens is 304 g/mol. The number of hydrazine groups is 1. The van der Waals surface area contributed by atoms with E-state index in [1.165, 1.54) is 6.26 Å². The summed E-state index contributed by atoms with van der Waals surface area (Å²) in [6, 6.07) is 12.1. The van der Waals surface area contributed by atoms with Gasteiger partial charge < -0.3 is 4.42 Å². The molecule has 0 saturated carbocycles. The van der Waals surface area contributed by atoms with Crippen LogP contribution in [0.3, 0.4) is 0 Å². The molecule has 0 bridgehead atoms. The first-order valence-electron chi connectivity index (χ1n) is 6.94. The van der Waals surface area contributed by atoms with E-state index in [0.29, 0.717) is 6.42 Å². The molecule has 1 aromatic heterocycles. The lowest BCUT2D eigenvalue weighted by molar-refractivity contribution is 0.0917. The van der Waals surface area contributed by atoms with Crippen molar-refractivity contribution in [3.63, 3.8) is 0 Å². The molecule has 1 N–H and O–H groups in total. The van der Waals surface area contributed by atoms with Gasteiger partial charge >= 0.3 is 5.91 Å². The predicted molar refractivity (Wildman–Crippen MR) is 82.2 cm³/mol. The molecule has 1 aromatic carbocycles. The minimum atomic E-state index is -3.05. The highest BCUT2D eigenvalue weighted by Crippen LogP contribution is 2.22. The fourth-order valence-electron chi connectivity index (χ4n) is 2.51. The van der Waals surface area contributed by atoms with E-state index < -0.39 is 15.7 Å². The Bertz CT molecular complexity index is 741. The first-order valence-corrected chi connectivity index (χ1v) is 8.76. The molecule has 1 amide bonds. The van der Waals surface area contributed by atoms with Crippen LogP contribution in [-0.4, -0.2) is 31.9 Å². The Hall–Kier alpha value is -2.28. The van der Waals surface area contributed by atoms with Gasteiger partial charge in [0.2, 0.25) is 0 Å². The maximum atomic E-state index is 12.2. The van der Waals surface area contributed by atoms with E-state index in [4.69, 9.17) is 4.42 Å². The molecule has 0 aliphatic carbocycles. The van der Waals surface area contributed by atoms with Gasteiger partial charge in [0, 0.05) is 0 Å². The van der Waals surface area contributed by atoms with E-state index >= 15 is 0 Å². The molecule has 1 atom stereocenters. The normalized spacial score (nSPS) is 19.7. The maximum absolute atomic E-state index is 12.2. The third-order valence-electron chi connectivity index (χ3n) is 3.57. The SMILES string of the molecule is O=C(NN(c1ccccc1)[C@@H]1CCS(=O)(=O)C1)c1ccco1. The van der Waals surface area contributed by atoms with Crippen LogP contribution in [0.15, 0.2) is 53.1 Å². The van der Waals surface area contributed by atoms with E-state index in [0.717, 1.165) is 5.69 Å². The van der Waals surface area contributed by atoms with E-state index in [2.05, 4.69) is 5.43 Å². The molecule has 1 fully saturated rings. The van der Waals surface area contributed by atoms with Crippen LogP contribution in [0.25, 0.3) is 0 Å². The second-order valence-corrected chi connectivity index (χ2v) is 7.41. The average Bonchev–Trinajstić information content (AvgIpc) is 3.15. The minimum absolute atomic E-state index is 0.0281. The average molecular weight is 320 g/mol. The number of nitrogens with zero attached hydrogens (tertiary/aromatic N) is 1. The zero-order valence-electron chi connectivity index (χ0n) is 11.8. The van der Waals surface area contributed by atoms with Gasteiger partial charge in [-0.05, 0) is 30.7 Å². The van der Waals surface area contributed by atoms with Crippen molar-refractivity contribution in [3.05, 3.63) is 54.5 Å². The van der Waals surface area contributed by atoms with Crippen LogP contribution in [-0.2, 0) is 9.84 Å². The number of hydrogen-bond acceptors (Lipinski definition) is 5. The number of carbonyl (C=O) groups excluding carboxylic acids is 1. The Morgan fingerprint density at radius 2 is 1.95 bits per heavy atom. The molecule has 116 valence electrons. The van der Waals surface area contributed by atoms with Crippen molar-refractivity contribution in [1.29, 1.82) is 0 Å². The van der Waals surface area contributed by atoms with Gasteiger partial charge in [-0.3, -0.25) is 15.2 Å². The quantitative estimate of drug-likeness (QED) is 0.866. The summed E-state index contributed by atoms with van der Waals surface area (Å²) in [5, 5.41) is 1.62. The van der Waals surface area contributed by atoms with Crippen LogP contribution in [0, 0.1) is 0 Å². The second kappa shape index (κ2) is 5.84. The predicted octanol–water partition coefficient (Wildman–Crippen LogP) is 1.62. The standard InChI is InChI=1S/C15H16N2O4S/c18-15(14-7-4-9-21-14)16-17(12-5-2-1-3-6-12)13-8-10-22(19,20)11-13/h1-7,9,13H,8,10-11H2,(H,16,18)/t13-/m1/s1. The van der Waals surface area contributed by atoms with Crippen molar-refractivity contribution in [2.75, 3.05) is 16.5 Å². The van der Waals surface area contributed by atoms with Crippen LogP contribution in [0.1, 0.15) is 17.0 Å². The number of nitrogens with one attached hydrogen (secondary N) is 1. The van der Waals surface area contributed by atoms with Crippen LogP contribution in [0.4, 0.5) is 5.69 Å². The molecule has 6 nitrogen and oxygen atoms in total. The highest BCUT2D eigenvalue weighted by atomic mass is 32.2. The summed E-state index contributed by atoms with van der Waals surface area (Å²) in [6.07, 6.45) is 1.90. The van der Waals surface area contributed by atoms with Crippen LogP contribution in [0.2, 0.25) is 0 Å². The number of amides is 1. The molecule has 2 aromatic rings. The summed E-state index contributed by atoms with van der Waals surface area (Å²) in [7, 11) is -3.05. The number of anilines is 1. The van der Waals surface area contributed by atoms with Gasteiger partial charge in [-0.1, -0.05) is 18.2 Å². The lowest BCUT2D eigenvalue weighted by Gasteiger charge is -2.30. The number of hydrogen-bond donors (Lipinski definition) is 1. The summed E-state index contributed by atoms with van der Waals surface area (Å²) < 4.78 is 28.5. The van der Waals surface area contributed by atoms with E-state index in [1.807, 2.05) is 30.3 Å². The summed E-state index contributed by atoms with van der Waals surface area (Å²) in [5.41, 5.74) is 3.49. The largest absolute Gasteiger partial charge is 0.459 e. The Balaban J connectivity index is 1.85. The summed E-state index contributed by atoms with van der Waals surface area (Å²) in [5.74, 6) is -0.0576. The second-order valence-electron chi connectivity index (χ2n) is 5.18. The van der Waals surface area contributed by atoms with E-state index in [1.54, 1.807) is 17.1 Å². The minimum Gasteiger partial charge on any atom is -0.459 e. The molecule has 1 aliphatic heterocycles. The maximum Gasteiger partial charge on any atom is 0.305 e. The number of carbonyl (C=O) groups is 1. The first kappa shape index (κ1) is 14.6. The number of sulfone groups is 1. The summed E-state index contributed by atoms with van der Waals surface area (Å²) in [4.78, 5) is 12.2. The fraction of sp³-hybridized carbons (Fsp3) is 0.267. The molecule has 3 rings (SSSR count). The lowest BCUT2D eigenvalue weighted by Crippen LogP contribution is -2.49. The van der Waals surface area contributed by atoms with Crippen molar-refractivity contribution in [1.82, 2.24) is 5.43 Å². The van der Waals surface area contributed by atoms with Crippen molar-refractivity contribution >= 4 is 21.4 Å². The zero-order valence-corrected chi connectivity index (χ0v) is 12.6. The van der Waals surface area contributed by atoms with E-state index in [-0.39, 0.29) is 23.3 Å².